The second kappa shape index (κ2) is 9.03. The first kappa shape index (κ1) is 21.2. The maximum Gasteiger partial charge on any atom is 0.130 e. The third-order valence-corrected chi connectivity index (χ3v) is 5.73. The summed E-state index contributed by atoms with van der Waals surface area (Å²) in [5, 5.41) is 14.3. The number of nitrogens with zero attached hydrogens (tertiary/aromatic N) is 3. The van der Waals surface area contributed by atoms with Crippen LogP contribution in [0.5, 0.6) is 0 Å². The summed E-state index contributed by atoms with van der Waals surface area (Å²) in [5.41, 5.74) is 11.3. The molecule has 0 radical (unpaired) electrons. The Labute approximate surface area is 192 Å². The molecule has 6 nitrogen and oxygen atoms in total. The largest absolute Gasteiger partial charge is 0.374 e. The number of aromatic nitrogens is 2. The van der Waals surface area contributed by atoms with Gasteiger partial charge in [-0.25, -0.2) is 9.97 Å². The van der Waals surface area contributed by atoms with Crippen molar-refractivity contribution in [3.8, 4) is 11.3 Å². The van der Waals surface area contributed by atoms with Crippen LogP contribution in [-0.2, 0) is 6.42 Å². The predicted octanol–water partition coefficient (Wildman–Crippen LogP) is 3.47. The van der Waals surface area contributed by atoms with Gasteiger partial charge in [0.2, 0.25) is 0 Å². The van der Waals surface area contributed by atoms with Crippen molar-refractivity contribution in [2.45, 2.75) is 18.3 Å². The monoisotopic (exact) mass is 435 g/mol. The van der Waals surface area contributed by atoms with Gasteiger partial charge in [0.1, 0.15) is 18.2 Å². The highest BCUT2D eigenvalue weighted by atomic mass is 16.3. The second-order valence-corrected chi connectivity index (χ2v) is 8.27. The fraction of sp³-hybridized carbons (Fsp3) is 0.148. The smallest absolute Gasteiger partial charge is 0.130 e. The van der Waals surface area contributed by atoms with E-state index in [2.05, 4.69) is 27.4 Å². The Morgan fingerprint density at radius 1 is 0.879 bits per heavy atom. The van der Waals surface area contributed by atoms with E-state index in [0.29, 0.717) is 6.42 Å². The van der Waals surface area contributed by atoms with Crippen LogP contribution in [0.3, 0.4) is 0 Å². The molecule has 1 aliphatic rings. The summed E-state index contributed by atoms with van der Waals surface area (Å²) in [6.45, 7) is 0.142. The van der Waals surface area contributed by atoms with Crippen molar-refractivity contribution in [3.63, 3.8) is 0 Å². The molecule has 2 heterocycles. The zero-order valence-corrected chi connectivity index (χ0v) is 18.1. The van der Waals surface area contributed by atoms with Crippen LogP contribution < -0.4 is 11.1 Å². The van der Waals surface area contributed by atoms with E-state index in [9.17, 15) is 5.11 Å². The summed E-state index contributed by atoms with van der Waals surface area (Å²) in [5.74, 6) is 0. The Morgan fingerprint density at radius 2 is 1.55 bits per heavy atom. The van der Waals surface area contributed by atoms with E-state index >= 15 is 0 Å². The molecular formula is C27H25N5O. The van der Waals surface area contributed by atoms with Crippen molar-refractivity contribution >= 4 is 5.71 Å². The maximum atomic E-state index is 10.9. The van der Waals surface area contributed by atoms with E-state index in [0.717, 1.165) is 39.2 Å². The SMILES string of the molecule is N[C@@](O)(CN[C@@H]1N=C(c2ccccc2)c2ccccc2-c2ncncc21)Cc1ccccc1. The summed E-state index contributed by atoms with van der Waals surface area (Å²) >= 11 is 0. The van der Waals surface area contributed by atoms with Crippen LogP contribution in [0.4, 0.5) is 0 Å². The maximum absolute atomic E-state index is 10.9. The molecule has 0 unspecified atom stereocenters. The van der Waals surface area contributed by atoms with Gasteiger partial charge in [-0.2, -0.15) is 0 Å². The lowest BCUT2D eigenvalue weighted by atomic mass is 9.95. The van der Waals surface area contributed by atoms with Crippen LogP contribution in [0.1, 0.15) is 28.4 Å². The Kier molecular flexibility index (Phi) is 5.79. The van der Waals surface area contributed by atoms with Gasteiger partial charge in [0.25, 0.3) is 0 Å². The van der Waals surface area contributed by atoms with E-state index in [1.54, 1.807) is 12.5 Å². The number of nitrogens with two attached hydrogens (primary N) is 1. The van der Waals surface area contributed by atoms with Crippen LogP contribution in [-0.4, -0.2) is 33.1 Å². The molecule has 4 aromatic rings. The summed E-state index contributed by atoms with van der Waals surface area (Å²) in [4.78, 5) is 13.9. The molecular weight excluding hydrogens is 410 g/mol. The molecule has 33 heavy (non-hydrogen) atoms. The molecule has 3 aromatic carbocycles. The highest BCUT2D eigenvalue weighted by Gasteiger charge is 2.28. The highest BCUT2D eigenvalue weighted by molar-refractivity contribution is 6.16. The Hall–Kier alpha value is -3.71. The van der Waals surface area contributed by atoms with Gasteiger partial charge < -0.3 is 10.8 Å². The van der Waals surface area contributed by atoms with Gasteiger partial charge in [0, 0.05) is 41.4 Å². The first-order valence-electron chi connectivity index (χ1n) is 10.9. The predicted molar refractivity (Wildman–Crippen MR) is 130 cm³/mol. The number of benzene rings is 3. The van der Waals surface area contributed by atoms with Gasteiger partial charge in [-0.3, -0.25) is 10.3 Å². The lowest BCUT2D eigenvalue weighted by molar-refractivity contribution is 0.0445. The van der Waals surface area contributed by atoms with Crippen molar-refractivity contribution in [3.05, 3.63) is 120 Å². The molecule has 164 valence electrons. The van der Waals surface area contributed by atoms with E-state index in [1.165, 1.54) is 0 Å². The van der Waals surface area contributed by atoms with Crippen molar-refractivity contribution < 1.29 is 5.11 Å². The molecule has 0 aliphatic carbocycles. The van der Waals surface area contributed by atoms with Crippen LogP contribution in [0.25, 0.3) is 11.3 Å². The second-order valence-electron chi connectivity index (χ2n) is 8.27. The van der Waals surface area contributed by atoms with E-state index in [-0.39, 0.29) is 6.54 Å². The molecule has 0 amide bonds. The number of aliphatic hydroxyl groups is 1. The number of fused-ring (bicyclic) bond motifs is 3. The zero-order valence-electron chi connectivity index (χ0n) is 18.1. The van der Waals surface area contributed by atoms with Crippen LogP contribution in [0.15, 0.2) is 102 Å². The molecule has 2 atom stereocenters. The molecule has 0 bridgehead atoms. The highest BCUT2D eigenvalue weighted by Crippen LogP contribution is 2.34. The molecule has 0 spiro atoms. The van der Waals surface area contributed by atoms with Gasteiger partial charge >= 0.3 is 0 Å². The Morgan fingerprint density at radius 3 is 2.30 bits per heavy atom. The number of hydrogen-bond acceptors (Lipinski definition) is 6. The van der Waals surface area contributed by atoms with Crippen molar-refractivity contribution in [2.24, 2.45) is 10.7 Å². The minimum absolute atomic E-state index is 0.142. The standard InChI is InChI=1S/C27H25N5O/c28-27(33,15-19-9-3-1-4-10-19)17-30-26-23-16-29-18-31-25(23)22-14-8-7-13-21(22)24(32-26)20-11-5-2-6-12-20/h1-14,16,18,26,30,33H,15,17,28H2/t26-,27+/m1/s1. The van der Waals surface area contributed by atoms with Crippen LogP contribution in [0, 0.1) is 0 Å². The molecule has 0 saturated carbocycles. The van der Waals surface area contributed by atoms with Gasteiger partial charge in [-0.15, -0.1) is 0 Å². The lowest BCUT2D eigenvalue weighted by Gasteiger charge is -2.26. The first-order chi connectivity index (χ1) is 16.1. The molecule has 0 fully saturated rings. The normalized spacial score (nSPS) is 16.7. The topological polar surface area (TPSA) is 96.4 Å². The third kappa shape index (κ3) is 4.59. The zero-order chi connectivity index (χ0) is 22.7. The average molecular weight is 436 g/mol. The number of nitrogens with one attached hydrogen (secondary N) is 1. The minimum Gasteiger partial charge on any atom is -0.374 e. The van der Waals surface area contributed by atoms with E-state index < -0.39 is 11.9 Å². The van der Waals surface area contributed by atoms with Gasteiger partial charge in [-0.1, -0.05) is 84.9 Å². The first-order valence-corrected chi connectivity index (χ1v) is 10.9. The van der Waals surface area contributed by atoms with Crippen molar-refractivity contribution in [1.29, 1.82) is 0 Å². The number of aliphatic imine (C=N–C) groups is 1. The van der Waals surface area contributed by atoms with E-state index in [1.807, 2.05) is 72.8 Å². The summed E-state index contributed by atoms with van der Waals surface area (Å²) in [6.07, 6.45) is 3.17. The average Bonchev–Trinajstić information content (AvgIpc) is 2.99. The summed E-state index contributed by atoms with van der Waals surface area (Å²) < 4.78 is 0. The molecule has 6 heteroatoms. The fourth-order valence-corrected chi connectivity index (χ4v) is 4.20. The fourth-order valence-electron chi connectivity index (χ4n) is 4.20. The summed E-state index contributed by atoms with van der Waals surface area (Å²) in [6, 6.07) is 27.9. The van der Waals surface area contributed by atoms with Crippen LogP contribution >= 0.6 is 0 Å². The van der Waals surface area contributed by atoms with E-state index in [4.69, 9.17) is 10.7 Å². The molecule has 1 aromatic heterocycles. The number of rotatable bonds is 6. The van der Waals surface area contributed by atoms with Crippen molar-refractivity contribution in [1.82, 2.24) is 15.3 Å². The summed E-state index contributed by atoms with van der Waals surface area (Å²) in [7, 11) is 0. The molecule has 4 N–H and O–H groups in total. The van der Waals surface area contributed by atoms with Gasteiger partial charge in [0.15, 0.2) is 0 Å². The minimum atomic E-state index is -1.45. The van der Waals surface area contributed by atoms with Crippen LogP contribution in [0.2, 0.25) is 0 Å². The molecule has 5 rings (SSSR count). The van der Waals surface area contributed by atoms with Crippen molar-refractivity contribution in [2.75, 3.05) is 6.54 Å². The molecule has 0 saturated heterocycles. The third-order valence-electron chi connectivity index (χ3n) is 5.73. The lowest BCUT2D eigenvalue weighted by Crippen LogP contribution is -2.51. The molecule has 1 aliphatic heterocycles. The van der Waals surface area contributed by atoms with Gasteiger partial charge in [0.05, 0.1) is 11.4 Å². The van der Waals surface area contributed by atoms with Gasteiger partial charge in [-0.05, 0) is 5.56 Å². The number of hydrogen-bond donors (Lipinski definition) is 3. The Balaban J connectivity index is 1.53. The Bertz CT molecular complexity index is 1270. The quantitative estimate of drug-likeness (QED) is 0.403.